The third-order valence-electron chi connectivity index (χ3n) is 2.41. The Morgan fingerprint density at radius 1 is 1.61 bits per heavy atom. The summed E-state index contributed by atoms with van der Waals surface area (Å²) in [7, 11) is 0. The molecule has 7 heteroatoms. The molecule has 0 fully saturated rings. The summed E-state index contributed by atoms with van der Waals surface area (Å²) in [5.74, 6) is -0.152. The highest BCUT2D eigenvalue weighted by Gasteiger charge is 2.18. The van der Waals surface area contributed by atoms with Crippen LogP contribution in [0, 0.1) is 5.82 Å². The molecule has 1 atom stereocenters. The molecule has 2 rings (SSSR count). The van der Waals surface area contributed by atoms with Crippen molar-refractivity contribution in [1.29, 1.82) is 0 Å². The van der Waals surface area contributed by atoms with E-state index in [1.54, 1.807) is 0 Å². The summed E-state index contributed by atoms with van der Waals surface area (Å²) in [6, 6.07) is 2.89. The van der Waals surface area contributed by atoms with Crippen LogP contribution in [-0.2, 0) is 4.79 Å². The molecule has 3 N–H and O–H groups in total. The number of amides is 1. The van der Waals surface area contributed by atoms with Crippen molar-refractivity contribution in [3.8, 4) is 0 Å². The molecule has 1 heterocycles. The molecule has 1 aromatic carbocycles. The highest BCUT2D eigenvalue weighted by Crippen LogP contribution is 2.35. The van der Waals surface area contributed by atoms with Crippen molar-refractivity contribution in [2.75, 3.05) is 28.8 Å². The van der Waals surface area contributed by atoms with Crippen LogP contribution in [0.1, 0.15) is 0 Å². The Labute approximate surface area is 113 Å². The molecule has 0 bridgehead atoms. The van der Waals surface area contributed by atoms with E-state index in [1.165, 1.54) is 23.9 Å². The van der Waals surface area contributed by atoms with E-state index >= 15 is 0 Å². The van der Waals surface area contributed by atoms with Gasteiger partial charge in [0.2, 0.25) is 5.91 Å². The number of alkyl halides is 1. The van der Waals surface area contributed by atoms with Gasteiger partial charge in [-0.2, -0.15) is 0 Å². The molecule has 18 heavy (non-hydrogen) atoms. The molecule has 1 aliphatic rings. The van der Waals surface area contributed by atoms with Gasteiger partial charge in [-0.05, 0) is 12.1 Å². The lowest BCUT2D eigenvalue weighted by atomic mass is 10.2. The third kappa shape index (κ3) is 3.07. The SMILES string of the molecule is O=C1CSc2cc(F)c(NCC(O)CCl)cc2N1. The van der Waals surface area contributed by atoms with Gasteiger partial charge in [-0.25, -0.2) is 4.39 Å². The number of aliphatic hydroxyl groups is 1. The largest absolute Gasteiger partial charge is 0.390 e. The number of aliphatic hydroxyl groups excluding tert-OH is 1. The summed E-state index contributed by atoms with van der Waals surface area (Å²) in [6.45, 7) is 0.153. The van der Waals surface area contributed by atoms with Crippen LogP contribution in [0.3, 0.4) is 0 Å². The maximum Gasteiger partial charge on any atom is 0.234 e. The van der Waals surface area contributed by atoms with Gasteiger partial charge in [0.15, 0.2) is 0 Å². The lowest BCUT2D eigenvalue weighted by Crippen LogP contribution is -2.22. The van der Waals surface area contributed by atoms with Crippen LogP contribution in [0.4, 0.5) is 15.8 Å². The number of benzene rings is 1. The number of nitrogens with one attached hydrogen (secondary N) is 2. The van der Waals surface area contributed by atoms with E-state index in [9.17, 15) is 14.3 Å². The van der Waals surface area contributed by atoms with Crippen LogP contribution >= 0.6 is 23.4 Å². The summed E-state index contributed by atoms with van der Waals surface area (Å²) in [5, 5.41) is 14.7. The maximum absolute atomic E-state index is 13.7. The normalized spacial score (nSPS) is 15.8. The summed E-state index contributed by atoms with van der Waals surface area (Å²) < 4.78 is 13.7. The lowest BCUT2D eigenvalue weighted by molar-refractivity contribution is -0.113. The Bertz CT molecular complexity index is 473. The zero-order valence-electron chi connectivity index (χ0n) is 9.37. The zero-order chi connectivity index (χ0) is 13.1. The van der Waals surface area contributed by atoms with Crippen LogP contribution in [0.25, 0.3) is 0 Å². The quantitative estimate of drug-likeness (QED) is 0.741. The van der Waals surface area contributed by atoms with E-state index in [0.29, 0.717) is 16.3 Å². The zero-order valence-corrected chi connectivity index (χ0v) is 10.9. The second-order valence-corrected chi connectivity index (χ2v) is 5.18. The summed E-state index contributed by atoms with van der Waals surface area (Å²) >= 11 is 6.75. The van der Waals surface area contributed by atoms with Crippen molar-refractivity contribution in [3.63, 3.8) is 0 Å². The number of carbonyl (C=O) groups excluding carboxylic acids is 1. The van der Waals surface area contributed by atoms with Crippen molar-refractivity contribution < 1.29 is 14.3 Å². The highest BCUT2D eigenvalue weighted by atomic mass is 35.5. The van der Waals surface area contributed by atoms with E-state index in [1.807, 2.05) is 0 Å². The highest BCUT2D eigenvalue weighted by molar-refractivity contribution is 8.00. The minimum atomic E-state index is -0.744. The van der Waals surface area contributed by atoms with Gasteiger partial charge in [0.1, 0.15) is 5.82 Å². The van der Waals surface area contributed by atoms with Gasteiger partial charge in [0, 0.05) is 11.4 Å². The Kier molecular flexibility index (Phi) is 4.31. The average Bonchev–Trinajstić information content (AvgIpc) is 2.36. The molecule has 1 unspecified atom stereocenters. The van der Waals surface area contributed by atoms with Crippen LogP contribution in [0.5, 0.6) is 0 Å². The molecular formula is C11H12ClFN2O2S. The summed E-state index contributed by atoms with van der Waals surface area (Å²) in [4.78, 5) is 11.9. The molecule has 4 nitrogen and oxygen atoms in total. The molecule has 1 aliphatic heterocycles. The first-order valence-electron chi connectivity index (χ1n) is 5.34. The third-order valence-corrected chi connectivity index (χ3v) is 3.82. The first-order valence-corrected chi connectivity index (χ1v) is 6.86. The van der Waals surface area contributed by atoms with E-state index in [0.717, 1.165) is 0 Å². The minimum Gasteiger partial charge on any atom is -0.390 e. The van der Waals surface area contributed by atoms with Gasteiger partial charge in [0.05, 0.1) is 29.1 Å². The standard InChI is InChI=1S/C11H12ClFN2O2S/c12-3-6(16)4-14-8-2-9-10(1-7(8)13)18-5-11(17)15-9/h1-2,6,14,16H,3-5H2,(H,15,17). The molecule has 1 amide bonds. The number of carbonyl (C=O) groups is 1. The first-order chi connectivity index (χ1) is 8.60. The Morgan fingerprint density at radius 3 is 3.11 bits per heavy atom. The van der Waals surface area contributed by atoms with Gasteiger partial charge in [-0.1, -0.05) is 0 Å². The van der Waals surface area contributed by atoms with Crippen LogP contribution < -0.4 is 10.6 Å². The Morgan fingerprint density at radius 2 is 2.39 bits per heavy atom. The molecule has 0 saturated heterocycles. The molecule has 0 aromatic heterocycles. The number of thioether (sulfide) groups is 1. The van der Waals surface area contributed by atoms with Crippen LogP contribution in [0.2, 0.25) is 0 Å². The maximum atomic E-state index is 13.7. The van der Waals surface area contributed by atoms with Gasteiger partial charge >= 0.3 is 0 Å². The fourth-order valence-corrected chi connectivity index (χ4v) is 2.44. The summed E-state index contributed by atoms with van der Waals surface area (Å²) in [6.07, 6.45) is -0.744. The number of fused-ring (bicyclic) bond motifs is 1. The summed E-state index contributed by atoms with van der Waals surface area (Å²) in [5.41, 5.74) is 0.821. The van der Waals surface area contributed by atoms with Gasteiger partial charge in [-0.3, -0.25) is 4.79 Å². The number of rotatable bonds is 4. The van der Waals surface area contributed by atoms with Crippen molar-refractivity contribution in [1.82, 2.24) is 0 Å². The smallest absolute Gasteiger partial charge is 0.234 e. The van der Waals surface area contributed by atoms with Gasteiger partial charge in [-0.15, -0.1) is 23.4 Å². The van der Waals surface area contributed by atoms with Crippen molar-refractivity contribution in [3.05, 3.63) is 17.9 Å². The van der Waals surface area contributed by atoms with Crippen molar-refractivity contribution in [2.24, 2.45) is 0 Å². The van der Waals surface area contributed by atoms with E-state index in [-0.39, 0.29) is 24.0 Å². The van der Waals surface area contributed by atoms with Crippen LogP contribution in [-0.4, -0.2) is 35.3 Å². The molecule has 0 spiro atoms. The van der Waals surface area contributed by atoms with Gasteiger partial charge < -0.3 is 15.7 Å². The molecule has 0 saturated carbocycles. The van der Waals surface area contributed by atoms with Crippen molar-refractivity contribution >= 4 is 40.6 Å². The molecule has 1 aromatic rings. The number of halogens is 2. The van der Waals surface area contributed by atoms with E-state index in [2.05, 4.69) is 10.6 Å². The predicted molar refractivity (Wildman–Crippen MR) is 71.0 cm³/mol. The molecule has 98 valence electrons. The van der Waals surface area contributed by atoms with Crippen molar-refractivity contribution in [2.45, 2.75) is 11.0 Å². The number of hydrogen-bond acceptors (Lipinski definition) is 4. The average molecular weight is 291 g/mol. The Hall–Kier alpha value is -0.980. The fraction of sp³-hybridized carbons (Fsp3) is 0.364. The number of anilines is 2. The monoisotopic (exact) mass is 290 g/mol. The molecule has 0 aliphatic carbocycles. The van der Waals surface area contributed by atoms with E-state index < -0.39 is 11.9 Å². The number of hydrogen-bond donors (Lipinski definition) is 3. The second kappa shape index (κ2) is 5.77. The minimum absolute atomic E-state index is 0.0755. The molecular weight excluding hydrogens is 279 g/mol. The molecule has 0 radical (unpaired) electrons. The van der Waals surface area contributed by atoms with Gasteiger partial charge in [0.25, 0.3) is 0 Å². The van der Waals surface area contributed by atoms with E-state index in [4.69, 9.17) is 11.6 Å². The first kappa shape index (κ1) is 13.5. The predicted octanol–water partition coefficient (Wildman–Crippen LogP) is 1.88. The van der Waals surface area contributed by atoms with Crippen LogP contribution in [0.15, 0.2) is 17.0 Å². The second-order valence-electron chi connectivity index (χ2n) is 3.85. The fourth-order valence-electron chi connectivity index (χ4n) is 1.52. The topological polar surface area (TPSA) is 61.4 Å². The Balaban J connectivity index is 2.16. The lowest BCUT2D eigenvalue weighted by Gasteiger charge is -2.18.